The van der Waals surface area contributed by atoms with Gasteiger partial charge in [-0.2, -0.15) is 10.2 Å². The monoisotopic (exact) mass is 442 g/mol. The maximum Gasteiger partial charge on any atom is 0.240 e. The Balaban J connectivity index is 1.82. The molecule has 10 nitrogen and oxygen atoms in total. The summed E-state index contributed by atoms with van der Waals surface area (Å²) in [5.74, 6) is 1.25. The maximum atomic E-state index is 11.9. The van der Waals surface area contributed by atoms with Gasteiger partial charge in [-0.15, -0.1) is 0 Å². The number of rotatable bonds is 11. The summed E-state index contributed by atoms with van der Waals surface area (Å²) in [4.78, 5) is 23.9. The predicted octanol–water partition coefficient (Wildman–Crippen LogP) is 2.10. The minimum atomic E-state index is -0.420. The lowest BCUT2D eigenvalue weighted by molar-refractivity contribution is -0.126. The number of amides is 2. The Morgan fingerprint density at radius 1 is 0.719 bits per heavy atom. The largest absolute Gasteiger partial charge is 0.493 e. The van der Waals surface area contributed by atoms with Crippen molar-refractivity contribution in [2.45, 2.75) is 12.8 Å². The molecule has 0 saturated heterocycles. The molecule has 2 rings (SSSR count). The first-order valence-corrected chi connectivity index (χ1v) is 9.59. The van der Waals surface area contributed by atoms with Crippen LogP contribution in [-0.4, -0.2) is 52.7 Å². The van der Waals surface area contributed by atoms with Crippen molar-refractivity contribution in [2.75, 3.05) is 28.4 Å². The highest BCUT2D eigenvalue weighted by Gasteiger charge is 2.09. The quantitative estimate of drug-likeness (QED) is 0.406. The third kappa shape index (κ3) is 6.73. The van der Waals surface area contributed by atoms with Gasteiger partial charge < -0.3 is 18.9 Å². The molecule has 0 aliphatic carbocycles. The second-order valence-corrected chi connectivity index (χ2v) is 6.25. The molecule has 0 atom stereocenters. The Morgan fingerprint density at radius 2 is 1.12 bits per heavy atom. The molecule has 0 bridgehead atoms. The Morgan fingerprint density at radius 3 is 1.47 bits per heavy atom. The van der Waals surface area contributed by atoms with Gasteiger partial charge in [0, 0.05) is 24.0 Å². The van der Waals surface area contributed by atoms with Crippen LogP contribution >= 0.6 is 0 Å². The SMILES string of the molecule is COc1cccc(/C=N/NC(=O)CCC(=O)N/N=C/c2cccc(OC)c2OC)c1OC. The molecule has 32 heavy (non-hydrogen) atoms. The van der Waals surface area contributed by atoms with E-state index in [0.29, 0.717) is 34.1 Å². The van der Waals surface area contributed by atoms with Crippen LogP contribution < -0.4 is 29.8 Å². The highest BCUT2D eigenvalue weighted by atomic mass is 16.5. The van der Waals surface area contributed by atoms with Crippen molar-refractivity contribution in [3.05, 3.63) is 47.5 Å². The number of hydrogen-bond donors (Lipinski definition) is 2. The molecular formula is C22H26N4O6. The van der Waals surface area contributed by atoms with E-state index in [1.165, 1.54) is 40.9 Å². The number of hydrazone groups is 2. The topological polar surface area (TPSA) is 120 Å². The summed E-state index contributed by atoms with van der Waals surface area (Å²) in [7, 11) is 6.09. The van der Waals surface area contributed by atoms with E-state index in [9.17, 15) is 9.59 Å². The van der Waals surface area contributed by atoms with E-state index >= 15 is 0 Å². The first-order valence-electron chi connectivity index (χ1n) is 9.59. The Hall–Kier alpha value is -4.08. The first kappa shape index (κ1) is 24.2. The predicted molar refractivity (Wildman–Crippen MR) is 120 cm³/mol. The minimum absolute atomic E-state index is 0.0591. The molecule has 0 spiro atoms. The zero-order valence-corrected chi connectivity index (χ0v) is 18.4. The second-order valence-electron chi connectivity index (χ2n) is 6.25. The van der Waals surface area contributed by atoms with Gasteiger partial charge in [0.1, 0.15) is 0 Å². The summed E-state index contributed by atoms with van der Waals surface area (Å²) >= 11 is 0. The lowest BCUT2D eigenvalue weighted by Gasteiger charge is -2.09. The van der Waals surface area contributed by atoms with Crippen molar-refractivity contribution in [3.8, 4) is 23.0 Å². The van der Waals surface area contributed by atoms with Gasteiger partial charge in [0.05, 0.1) is 40.9 Å². The van der Waals surface area contributed by atoms with E-state index in [4.69, 9.17) is 18.9 Å². The van der Waals surface area contributed by atoms with Gasteiger partial charge in [-0.3, -0.25) is 9.59 Å². The van der Waals surface area contributed by atoms with Gasteiger partial charge in [0.25, 0.3) is 0 Å². The van der Waals surface area contributed by atoms with Crippen molar-refractivity contribution in [2.24, 2.45) is 10.2 Å². The van der Waals surface area contributed by atoms with Gasteiger partial charge in [0.15, 0.2) is 23.0 Å². The number of hydrogen-bond acceptors (Lipinski definition) is 8. The van der Waals surface area contributed by atoms with Crippen LogP contribution in [0.3, 0.4) is 0 Å². The molecule has 2 aromatic carbocycles. The number of nitrogens with one attached hydrogen (secondary N) is 2. The summed E-state index contributed by atoms with van der Waals surface area (Å²) in [6.07, 6.45) is 2.75. The third-order valence-electron chi connectivity index (χ3n) is 4.23. The number of methoxy groups -OCH3 is 4. The fraction of sp³-hybridized carbons (Fsp3) is 0.273. The average molecular weight is 442 g/mol. The van der Waals surface area contributed by atoms with Crippen LogP contribution in [0.4, 0.5) is 0 Å². The van der Waals surface area contributed by atoms with Gasteiger partial charge in [-0.1, -0.05) is 12.1 Å². The number of nitrogens with zero attached hydrogens (tertiary/aromatic N) is 2. The van der Waals surface area contributed by atoms with Crippen LogP contribution in [0.2, 0.25) is 0 Å². The van der Waals surface area contributed by atoms with E-state index in [1.54, 1.807) is 36.4 Å². The van der Waals surface area contributed by atoms with Crippen molar-refractivity contribution >= 4 is 24.2 Å². The molecule has 2 aromatic rings. The Kier molecular flexibility index (Phi) is 9.51. The molecular weight excluding hydrogens is 416 g/mol. The highest BCUT2D eigenvalue weighted by molar-refractivity contribution is 5.89. The Bertz CT molecular complexity index is 911. The molecule has 0 unspecified atom stereocenters. The van der Waals surface area contributed by atoms with E-state index in [0.717, 1.165) is 0 Å². The van der Waals surface area contributed by atoms with Gasteiger partial charge in [-0.05, 0) is 24.3 Å². The van der Waals surface area contributed by atoms with Crippen LogP contribution in [0.1, 0.15) is 24.0 Å². The summed E-state index contributed by atoms with van der Waals surface area (Å²) in [6, 6.07) is 10.6. The lowest BCUT2D eigenvalue weighted by atomic mass is 10.2. The second kappa shape index (κ2) is 12.6. The van der Waals surface area contributed by atoms with E-state index in [-0.39, 0.29) is 12.8 Å². The average Bonchev–Trinajstić information content (AvgIpc) is 2.82. The molecule has 0 fully saturated rings. The summed E-state index contributed by atoms with van der Waals surface area (Å²) in [5, 5.41) is 7.79. The van der Waals surface area contributed by atoms with Crippen molar-refractivity contribution < 1.29 is 28.5 Å². The summed E-state index contributed by atoms with van der Waals surface area (Å²) in [5.41, 5.74) is 6.00. The molecule has 0 radical (unpaired) electrons. The van der Waals surface area contributed by atoms with Crippen LogP contribution in [0.15, 0.2) is 46.6 Å². The summed E-state index contributed by atoms with van der Waals surface area (Å²) < 4.78 is 21.0. The molecule has 10 heteroatoms. The number of benzene rings is 2. The highest BCUT2D eigenvalue weighted by Crippen LogP contribution is 2.30. The minimum Gasteiger partial charge on any atom is -0.493 e. The number of ether oxygens (including phenoxy) is 4. The zero-order valence-electron chi connectivity index (χ0n) is 18.4. The van der Waals surface area contributed by atoms with Crippen molar-refractivity contribution in [1.29, 1.82) is 0 Å². The molecule has 2 amide bonds. The van der Waals surface area contributed by atoms with Crippen molar-refractivity contribution in [3.63, 3.8) is 0 Å². The normalized spacial score (nSPS) is 10.8. The molecule has 0 aliphatic heterocycles. The van der Waals surface area contributed by atoms with E-state index in [1.807, 2.05) is 0 Å². The number of carbonyl (C=O) groups is 2. The fourth-order valence-corrected chi connectivity index (χ4v) is 2.71. The third-order valence-corrected chi connectivity index (χ3v) is 4.23. The molecule has 0 heterocycles. The maximum absolute atomic E-state index is 11.9. The number of carbonyl (C=O) groups excluding carboxylic acids is 2. The van der Waals surface area contributed by atoms with Gasteiger partial charge >= 0.3 is 0 Å². The smallest absolute Gasteiger partial charge is 0.240 e. The van der Waals surface area contributed by atoms with Crippen LogP contribution in [-0.2, 0) is 9.59 Å². The van der Waals surface area contributed by atoms with Gasteiger partial charge in [-0.25, -0.2) is 10.9 Å². The molecule has 0 aromatic heterocycles. The molecule has 2 N–H and O–H groups in total. The van der Waals surface area contributed by atoms with E-state index in [2.05, 4.69) is 21.1 Å². The Labute approximate surface area is 186 Å². The van der Waals surface area contributed by atoms with Crippen molar-refractivity contribution in [1.82, 2.24) is 10.9 Å². The van der Waals surface area contributed by atoms with Crippen LogP contribution in [0.25, 0.3) is 0 Å². The van der Waals surface area contributed by atoms with Gasteiger partial charge in [0.2, 0.25) is 11.8 Å². The first-order chi connectivity index (χ1) is 15.5. The lowest BCUT2D eigenvalue weighted by Crippen LogP contribution is -2.22. The molecule has 170 valence electrons. The van der Waals surface area contributed by atoms with E-state index < -0.39 is 11.8 Å². The van der Waals surface area contributed by atoms with Crippen LogP contribution in [0, 0.1) is 0 Å². The molecule has 0 aliphatic rings. The molecule has 0 saturated carbocycles. The summed E-state index contributed by atoms with van der Waals surface area (Å²) in [6.45, 7) is 0. The zero-order chi connectivity index (χ0) is 23.3. The fourth-order valence-electron chi connectivity index (χ4n) is 2.71. The number of para-hydroxylation sites is 2. The standard InChI is InChI=1S/C22H26N4O6/c1-29-17-9-5-7-15(21(17)31-3)13-23-25-19(27)11-12-20(28)26-24-14-16-8-6-10-18(30-2)22(16)32-4/h5-10,13-14H,11-12H2,1-4H3,(H,25,27)(H,26,28)/b23-13+,24-14+. The van der Waals surface area contributed by atoms with Crippen LogP contribution in [0.5, 0.6) is 23.0 Å².